The summed E-state index contributed by atoms with van der Waals surface area (Å²) < 4.78 is 12.6. The summed E-state index contributed by atoms with van der Waals surface area (Å²) in [4.78, 5) is 32.6. The summed E-state index contributed by atoms with van der Waals surface area (Å²) in [5.41, 5.74) is 1.94. The van der Waals surface area contributed by atoms with E-state index in [2.05, 4.69) is 0 Å². The number of aryl methyl sites for hydroxylation is 2. The largest absolute Gasteiger partial charge is 0.495 e. The Morgan fingerprint density at radius 3 is 2.67 bits per heavy atom. The van der Waals surface area contributed by atoms with Gasteiger partial charge in [-0.25, -0.2) is 4.98 Å². The smallest absolute Gasteiger partial charge is 0.266 e. The van der Waals surface area contributed by atoms with Crippen LogP contribution in [0.25, 0.3) is 16.6 Å². The minimum Gasteiger partial charge on any atom is -0.495 e. The van der Waals surface area contributed by atoms with Gasteiger partial charge in [-0.2, -0.15) is 0 Å². The molecule has 0 aliphatic carbocycles. The second-order valence-electron chi connectivity index (χ2n) is 7.78. The van der Waals surface area contributed by atoms with Gasteiger partial charge in [0.25, 0.3) is 5.56 Å². The molecular weight excluding hydrogens is 438 g/mol. The van der Waals surface area contributed by atoms with Gasteiger partial charge in [-0.15, -0.1) is 0 Å². The average molecular weight is 464 g/mol. The number of nitrogens with zero attached hydrogens (tertiary/aromatic N) is 3. The Kier molecular flexibility index (Phi) is 6.55. The molecule has 8 heteroatoms. The van der Waals surface area contributed by atoms with Crippen LogP contribution >= 0.6 is 11.8 Å². The minimum absolute atomic E-state index is 0.0979. The van der Waals surface area contributed by atoms with Crippen LogP contribution in [0.3, 0.4) is 0 Å². The van der Waals surface area contributed by atoms with E-state index in [1.807, 2.05) is 56.3 Å². The highest BCUT2D eigenvalue weighted by Gasteiger charge is 2.19. The first-order chi connectivity index (χ1) is 15.9. The van der Waals surface area contributed by atoms with Crippen LogP contribution in [-0.4, -0.2) is 40.3 Å². The molecule has 0 N–H and O–H groups in total. The zero-order valence-electron chi connectivity index (χ0n) is 19.0. The maximum atomic E-state index is 13.5. The molecule has 0 saturated carbocycles. The van der Waals surface area contributed by atoms with Crippen LogP contribution in [-0.2, 0) is 11.3 Å². The van der Waals surface area contributed by atoms with E-state index in [0.29, 0.717) is 34.0 Å². The third-order valence-corrected chi connectivity index (χ3v) is 6.18. The van der Waals surface area contributed by atoms with Crippen LogP contribution in [0.5, 0.6) is 5.75 Å². The topological polar surface area (TPSA) is 77.6 Å². The number of amides is 1. The van der Waals surface area contributed by atoms with Crippen LogP contribution in [0, 0.1) is 13.8 Å². The van der Waals surface area contributed by atoms with Crippen LogP contribution in [0.2, 0.25) is 0 Å². The van der Waals surface area contributed by atoms with Gasteiger partial charge < -0.3 is 14.1 Å². The first kappa shape index (κ1) is 22.7. The monoisotopic (exact) mass is 463 g/mol. The number of benzene rings is 2. The van der Waals surface area contributed by atoms with Gasteiger partial charge in [-0.3, -0.25) is 14.2 Å². The predicted molar refractivity (Wildman–Crippen MR) is 129 cm³/mol. The first-order valence-electron chi connectivity index (χ1n) is 10.5. The van der Waals surface area contributed by atoms with Gasteiger partial charge >= 0.3 is 0 Å². The summed E-state index contributed by atoms with van der Waals surface area (Å²) in [6.45, 7) is 4.19. The number of ether oxygens (including phenoxy) is 1. The maximum absolute atomic E-state index is 13.5. The standard InChI is InChI=1S/C25H25N3O4S/c1-16-9-12-22(31-4)21(13-16)28-24(30)19-7-5-6-8-20(19)26-25(28)33-15-23(29)27(3)14-18-11-10-17(2)32-18/h5-13H,14-15H2,1-4H3. The second-order valence-corrected chi connectivity index (χ2v) is 8.72. The molecular formula is C25H25N3O4S. The fraction of sp³-hybridized carbons (Fsp3) is 0.240. The number of carbonyl (C=O) groups excluding carboxylic acids is 1. The number of hydrogen-bond acceptors (Lipinski definition) is 6. The molecule has 0 atom stereocenters. The number of hydrogen-bond donors (Lipinski definition) is 0. The van der Waals surface area contributed by atoms with Crippen LogP contribution in [0.15, 0.2) is 69.0 Å². The molecule has 0 aliphatic heterocycles. The van der Waals surface area contributed by atoms with Gasteiger partial charge in [0.1, 0.15) is 17.3 Å². The van der Waals surface area contributed by atoms with Crippen molar-refractivity contribution in [1.82, 2.24) is 14.5 Å². The molecule has 0 aliphatic rings. The summed E-state index contributed by atoms with van der Waals surface area (Å²) in [7, 11) is 3.29. The summed E-state index contributed by atoms with van der Waals surface area (Å²) in [6, 6.07) is 16.6. The molecule has 1 amide bonds. The molecule has 0 spiro atoms. The molecule has 0 unspecified atom stereocenters. The number of furan rings is 1. The number of aromatic nitrogens is 2. The summed E-state index contributed by atoms with van der Waals surface area (Å²) in [5.74, 6) is 2.10. The van der Waals surface area contributed by atoms with Gasteiger partial charge in [-0.1, -0.05) is 30.0 Å². The number of thioether (sulfide) groups is 1. The SMILES string of the molecule is COc1ccc(C)cc1-n1c(SCC(=O)N(C)Cc2ccc(C)o2)nc2ccccc2c1=O. The lowest BCUT2D eigenvalue weighted by atomic mass is 10.2. The number of methoxy groups -OCH3 is 1. The lowest BCUT2D eigenvalue weighted by Gasteiger charge is -2.18. The minimum atomic E-state index is -0.209. The Morgan fingerprint density at radius 2 is 1.94 bits per heavy atom. The molecule has 7 nitrogen and oxygen atoms in total. The Bertz CT molecular complexity index is 1380. The molecule has 0 bridgehead atoms. The zero-order valence-corrected chi connectivity index (χ0v) is 19.8. The van der Waals surface area contributed by atoms with Crippen molar-refractivity contribution in [1.29, 1.82) is 0 Å². The van der Waals surface area contributed by atoms with Crippen LogP contribution in [0.4, 0.5) is 0 Å². The van der Waals surface area contributed by atoms with E-state index >= 15 is 0 Å². The highest BCUT2D eigenvalue weighted by Crippen LogP contribution is 2.28. The van der Waals surface area contributed by atoms with Crippen LogP contribution < -0.4 is 10.3 Å². The molecule has 2 aromatic carbocycles. The van der Waals surface area contributed by atoms with Gasteiger partial charge in [0, 0.05) is 7.05 Å². The Hall–Kier alpha value is -3.52. The van der Waals surface area contributed by atoms with Crippen molar-refractivity contribution in [3.63, 3.8) is 0 Å². The van der Waals surface area contributed by atoms with Crippen molar-refractivity contribution in [2.45, 2.75) is 25.5 Å². The third kappa shape index (κ3) is 4.80. The molecule has 0 fully saturated rings. The molecule has 2 aromatic heterocycles. The summed E-state index contributed by atoms with van der Waals surface area (Å²) >= 11 is 1.22. The number of fused-ring (bicyclic) bond motifs is 1. The quantitative estimate of drug-likeness (QED) is 0.299. The Labute approximate surface area is 196 Å². The molecule has 2 heterocycles. The van der Waals surface area contributed by atoms with Gasteiger partial charge in [0.2, 0.25) is 5.91 Å². The molecule has 170 valence electrons. The number of para-hydroxylation sites is 1. The fourth-order valence-electron chi connectivity index (χ4n) is 3.52. The van der Waals surface area contributed by atoms with Crippen molar-refractivity contribution in [2.75, 3.05) is 19.9 Å². The van der Waals surface area contributed by atoms with Crippen molar-refractivity contribution < 1.29 is 13.9 Å². The molecule has 0 radical (unpaired) electrons. The van der Waals surface area contributed by atoms with E-state index in [1.165, 1.54) is 16.3 Å². The van der Waals surface area contributed by atoms with E-state index < -0.39 is 0 Å². The molecule has 33 heavy (non-hydrogen) atoms. The van der Waals surface area contributed by atoms with E-state index in [9.17, 15) is 9.59 Å². The summed E-state index contributed by atoms with van der Waals surface area (Å²) in [6.07, 6.45) is 0. The average Bonchev–Trinajstić information content (AvgIpc) is 3.21. The Balaban J connectivity index is 1.69. The Morgan fingerprint density at radius 1 is 1.15 bits per heavy atom. The van der Waals surface area contributed by atoms with Crippen molar-refractivity contribution >= 4 is 28.6 Å². The highest BCUT2D eigenvalue weighted by molar-refractivity contribution is 7.99. The summed E-state index contributed by atoms with van der Waals surface area (Å²) in [5, 5.41) is 0.931. The lowest BCUT2D eigenvalue weighted by molar-refractivity contribution is -0.127. The fourth-order valence-corrected chi connectivity index (χ4v) is 4.47. The van der Waals surface area contributed by atoms with Gasteiger partial charge in [0.05, 0.1) is 36.0 Å². The number of rotatable bonds is 7. The highest BCUT2D eigenvalue weighted by atomic mass is 32.2. The second kappa shape index (κ2) is 9.54. The molecule has 4 aromatic rings. The lowest BCUT2D eigenvalue weighted by Crippen LogP contribution is -2.28. The molecule has 0 saturated heterocycles. The predicted octanol–water partition coefficient (Wildman–Crippen LogP) is 4.35. The van der Waals surface area contributed by atoms with E-state index in [0.717, 1.165) is 17.1 Å². The normalized spacial score (nSPS) is 11.0. The van der Waals surface area contributed by atoms with Crippen molar-refractivity contribution in [2.24, 2.45) is 0 Å². The van der Waals surface area contributed by atoms with Gasteiger partial charge in [-0.05, 0) is 55.8 Å². The van der Waals surface area contributed by atoms with E-state index in [4.69, 9.17) is 14.1 Å². The van der Waals surface area contributed by atoms with Gasteiger partial charge in [0.15, 0.2) is 5.16 Å². The zero-order chi connectivity index (χ0) is 23.5. The van der Waals surface area contributed by atoms with E-state index in [-0.39, 0.29) is 17.2 Å². The van der Waals surface area contributed by atoms with Crippen molar-refractivity contribution in [3.05, 3.63) is 82.0 Å². The molecule has 4 rings (SSSR count). The van der Waals surface area contributed by atoms with Crippen molar-refractivity contribution in [3.8, 4) is 11.4 Å². The first-order valence-corrected chi connectivity index (χ1v) is 11.4. The maximum Gasteiger partial charge on any atom is 0.266 e. The van der Waals surface area contributed by atoms with E-state index in [1.54, 1.807) is 31.2 Å². The third-order valence-electron chi connectivity index (χ3n) is 5.26. The van der Waals surface area contributed by atoms with Crippen LogP contribution in [0.1, 0.15) is 17.1 Å². The number of carbonyl (C=O) groups is 1.